The van der Waals surface area contributed by atoms with Gasteiger partial charge in [-0.05, 0) is 37.3 Å². The maximum Gasteiger partial charge on any atom is 0.241 e. The molecule has 0 aliphatic carbocycles. The number of amides is 1. The number of carbonyl (C=O) groups is 1. The highest BCUT2D eigenvalue weighted by molar-refractivity contribution is 5.94. The quantitative estimate of drug-likeness (QED) is 0.906. The molecule has 130 valence electrons. The van der Waals surface area contributed by atoms with E-state index in [4.69, 9.17) is 9.68 Å². The van der Waals surface area contributed by atoms with Crippen molar-refractivity contribution in [2.75, 3.05) is 31.5 Å². The van der Waals surface area contributed by atoms with Gasteiger partial charge in [0.1, 0.15) is 5.76 Å². The number of anilines is 1. The van der Waals surface area contributed by atoms with Crippen LogP contribution in [0.2, 0.25) is 0 Å². The lowest BCUT2D eigenvalue weighted by Crippen LogP contribution is -2.52. The third kappa shape index (κ3) is 4.47. The average molecular weight is 338 g/mol. The molecule has 1 amide bonds. The number of nitrogens with zero attached hydrogens (tertiary/aromatic N) is 3. The summed E-state index contributed by atoms with van der Waals surface area (Å²) in [4.78, 5) is 17.0. The smallest absolute Gasteiger partial charge is 0.241 e. The molecule has 0 bridgehead atoms. The zero-order valence-corrected chi connectivity index (χ0v) is 14.3. The fourth-order valence-electron chi connectivity index (χ4n) is 3.01. The normalized spacial score (nSPS) is 17.0. The summed E-state index contributed by atoms with van der Waals surface area (Å²) in [7, 11) is 0. The molecule has 2 aromatic rings. The van der Waals surface area contributed by atoms with Gasteiger partial charge in [-0.15, -0.1) is 0 Å². The Morgan fingerprint density at radius 2 is 2.08 bits per heavy atom. The molecule has 25 heavy (non-hydrogen) atoms. The van der Waals surface area contributed by atoms with Crippen molar-refractivity contribution >= 4 is 11.6 Å². The van der Waals surface area contributed by atoms with Gasteiger partial charge in [0.2, 0.25) is 5.91 Å². The molecule has 1 aliphatic rings. The highest BCUT2D eigenvalue weighted by Crippen LogP contribution is 2.14. The summed E-state index contributed by atoms with van der Waals surface area (Å²) in [6, 6.07) is 12.7. The van der Waals surface area contributed by atoms with Crippen molar-refractivity contribution in [3.05, 3.63) is 54.0 Å². The lowest BCUT2D eigenvalue weighted by molar-refractivity contribution is -0.121. The van der Waals surface area contributed by atoms with Crippen molar-refractivity contribution in [1.82, 2.24) is 9.80 Å². The third-order valence-corrected chi connectivity index (χ3v) is 4.55. The Hall–Kier alpha value is -2.62. The second-order valence-electron chi connectivity index (χ2n) is 6.25. The van der Waals surface area contributed by atoms with Crippen LogP contribution in [-0.4, -0.2) is 47.9 Å². The Kier molecular flexibility index (Phi) is 5.49. The predicted octanol–water partition coefficient (Wildman–Crippen LogP) is 2.30. The van der Waals surface area contributed by atoms with Crippen LogP contribution in [0.15, 0.2) is 47.1 Å². The van der Waals surface area contributed by atoms with Crippen LogP contribution in [0, 0.1) is 11.3 Å². The Labute approximate surface area is 147 Å². The zero-order valence-electron chi connectivity index (χ0n) is 14.3. The third-order valence-electron chi connectivity index (χ3n) is 4.55. The maximum absolute atomic E-state index is 12.5. The zero-order chi connectivity index (χ0) is 17.6. The molecule has 1 atom stereocenters. The molecule has 3 rings (SSSR count). The van der Waals surface area contributed by atoms with Gasteiger partial charge in [0.15, 0.2) is 0 Å². The van der Waals surface area contributed by atoms with Gasteiger partial charge in [-0.1, -0.05) is 6.07 Å². The van der Waals surface area contributed by atoms with Gasteiger partial charge in [-0.3, -0.25) is 14.6 Å². The summed E-state index contributed by atoms with van der Waals surface area (Å²) in [5, 5.41) is 11.8. The molecule has 2 heterocycles. The summed E-state index contributed by atoms with van der Waals surface area (Å²) in [6.45, 7) is 6.22. The minimum Gasteiger partial charge on any atom is -0.468 e. The Morgan fingerprint density at radius 1 is 1.28 bits per heavy atom. The topological polar surface area (TPSA) is 72.5 Å². The van der Waals surface area contributed by atoms with Crippen molar-refractivity contribution in [2.24, 2.45) is 0 Å². The van der Waals surface area contributed by atoms with E-state index in [1.54, 1.807) is 30.5 Å². The van der Waals surface area contributed by atoms with E-state index in [1.807, 2.05) is 19.1 Å². The van der Waals surface area contributed by atoms with Crippen LogP contribution in [-0.2, 0) is 11.3 Å². The molecular weight excluding hydrogens is 316 g/mol. The van der Waals surface area contributed by atoms with E-state index >= 15 is 0 Å². The highest BCUT2D eigenvalue weighted by atomic mass is 16.3. The number of hydrogen-bond acceptors (Lipinski definition) is 5. The molecule has 1 aromatic carbocycles. The van der Waals surface area contributed by atoms with Crippen LogP contribution in [0.1, 0.15) is 18.2 Å². The van der Waals surface area contributed by atoms with E-state index in [0.717, 1.165) is 38.5 Å². The number of hydrogen-bond donors (Lipinski definition) is 1. The van der Waals surface area contributed by atoms with E-state index in [-0.39, 0.29) is 11.9 Å². The maximum atomic E-state index is 12.5. The summed E-state index contributed by atoms with van der Waals surface area (Å²) in [5.74, 6) is 0.922. The first-order valence-electron chi connectivity index (χ1n) is 8.45. The van der Waals surface area contributed by atoms with Crippen LogP contribution in [0.25, 0.3) is 0 Å². The van der Waals surface area contributed by atoms with Crippen LogP contribution in [0.5, 0.6) is 0 Å². The Morgan fingerprint density at radius 3 is 2.76 bits per heavy atom. The number of carbonyl (C=O) groups excluding carboxylic acids is 1. The molecule has 0 spiro atoms. The van der Waals surface area contributed by atoms with Gasteiger partial charge in [0.05, 0.1) is 30.5 Å². The van der Waals surface area contributed by atoms with Crippen LogP contribution in [0.4, 0.5) is 5.69 Å². The predicted molar refractivity (Wildman–Crippen MR) is 94.8 cm³/mol. The van der Waals surface area contributed by atoms with Crippen LogP contribution >= 0.6 is 0 Å². The number of piperazine rings is 1. The summed E-state index contributed by atoms with van der Waals surface area (Å²) < 4.78 is 5.39. The first-order chi connectivity index (χ1) is 12.2. The highest BCUT2D eigenvalue weighted by Gasteiger charge is 2.25. The van der Waals surface area contributed by atoms with Crippen molar-refractivity contribution < 1.29 is 9.21 Å². The van der Waals surface area contributed by atoms with Crippen molar-refractivity contribution in [2.45, 2.75) is 19.5 Å². The molecule has 1 unspecified atom stereocenters. The van der Waals surface area contributed by atoms with Gasteiger partial charge in [0, 0.05) is 31.9 Å². The van der Waals surface area contributed by atoms with Gasteiger partial charge >= 0.3 is 0 Å². The second kappa shape index (κ2) is 7.97. The fraction of sp³-hybridized carbons (Fsp3) is 0.368. The van der Waals surface area contributed by atoms with Gasteiger partial charge in [0.25, 0.3) is 0 Å². The lowest BCUT2D eigenvalue weighted by atomic mass is 10.2. The number of benzene rings is 1. The van der Waals surface area contributed by atoms with E-state index in [0.29, 0.717) is 11.3 Å². The fourth-order valence-corrected chi connectivity index (χ4v) is 3.01. The first kappa shape index (κ1) is 17.2. The number of nitrogens with one attached hydrogen (secondary N) is 1. The largest absolute Gasteiger partial charge is 0.468 e. The number of nitriles is 1. The molecule has 1 aromatic heterocycles. The minimum absolute atomic E-state index is 0.0467. The van der Waals surface area contributed by atoms with Gasteiger partial charge < -0.3 is 9.73 Å². The van der Waals surface area contributed by atoms with Crippen molar-refractivity contribution in [1.29, 1.82) is 5.26 Å². The molecule has 6 heteroatoms. The van der Waals surface area contributed by atoms with Gasteiger partial charge in [-0.25, -0.2) is 0 Å². The van der Waals surface area contributed by atoms with Crippen molar-refractivity contribution in [3.63, 3.8) is 0 Å². The molecule has 1 saturated heterocycles. The SMILES string of the molecule is CC(C(=O)Nc1cccc(C#N)c1)N1CCN(Cc2ccco2)CC1. The molecular formula is C19H22N4O2. The standard InChI is InChI=1S/C19H22N4O2/c1-15(19(24)21-17-5-2-4-16(12-17)13-20)23-9-7-22(8-10-23)14-18-6-3-11-25-18/h2-6,11-12,15H,7-10,14H2,1H3,(H,21,24). The summed E-state index contributed by atoms with van der Waals surface area (Å²) >= 11 is 0. The summed E-state index contributed by atoms with van der Waals surface area (Å²) in [5.41, 5.74) is 1.20. The Balaban J connectivity index is 1.50. The van der Waals surface area contributed by atoms with Gasteiger partial charge in [-0.2, -0.15) is 5.26 Å². The van der Waals surface area contributed by atoms with Crippen LogP contribution < -0.4 is 5.32 Å². The molecule has 1 fully saturated rings. The van der Waals surface area contributed by atoms with E-state index < -0.39 is 0 Å². The van der Waals surface area contributed by atoms with E-state index in [9.17, 15) is 4.79 Å². The second-order valence-corrected chi connectivity index (χ2v) is 6.25. The molecule has 6 nitrogen and oxygen atoms in total. The minimum atomic E-state index is -0.212. The van der Waals surface area contributed by atoms with Crippen molar-refractivity contribution in [3.8, 4) is 6.07 Å². The molecule has 1 N–H and O–H groups in total. The van der Waals surface area contributed by atoms with E-state index in [1.165, 1.54) is 0 Å². The Bertz CT molecular complexity index is 743. The lowest BCUT2D eigenvalue weighted by Gasteiger charge is -2.37. The molecule has 0 radical (unpaired) electrons. The number of rotatable bonds is 5. The van der Waals surface area contributed by atoms with Crippen LogP contribution in [0.3, 0.4) is 0 Å². The average Bonchev–Trinajstić information content (AvgIpc) is 3.15. The number of furan rings is 1. The summed E-state index contributed by atoms with van der Waals surface area (Å²) in [6.07, 6.45) is 1.69. The molecule has 1 aliphatic heterocycles. The molecule has 0 saturated carbocycles. The first-order valence-corrected chi connectivity index (χ1v) is 8.45. The van der Waals surface area contributed by atoms with E-state index in [2.05, 4.69) is 21.2 Å². The monoisotopic (exact) mass is 338 g/mol.